The number of hydrogen-bond acceptors (Lipinski definition) is 6. The smallest absolute Gasteiger partial charge is 0.254 e. The average molecular weight is 562 g/mol. The molecule has 1 heterocycles. The maximum atomic E-state index is 13.5. The van der Waals surface area contributed by atoms with E-state index in [9.17, 15) is 4.79 Å². The van der Waals surface area contributed by atoms with Crippen LogP contribution in [0.1, 0.15) is 82.4 Å². The summed E-state index contributed by atoms with van der Waals surface area (Å²) >= 11 is 8.24. The third-order valence-electron chi connectivity index (χ3n) is 7.37. The number of aliphatic imine (C=N–C) groups is 1. The molecule has 5 rings (SSSR count). The number of thiophene rings is 1. The second kappa shape index (κ2) is 12.7. The molecule has 1 N–H and O–H groups in total. The summed E-state index contributed by atoms with van der Waals surface area (Å²) in [6, 6.07) is 13.2. The summed E-state index contributed by atoms with van der Waals surface area (Å²) in [5.41, 5.74) is 4.19. The van der Waals surface area contributed by atoms with Gasteiger partial charge in [0.1, 0.15) is 11.6 Å². The number of aryl methyl sites for hydroxylation is 1. The number of nitrogens with one attached hydrogen (secondary N) is 1. The Labute approximate surface area is 238 Å². The molecule has 2 aromatic carbocycles. The van der Waals surface area contributed by atoms with Gasteiger partial charge in [-0.05, 0) is 79.5 Å². The molecule has 39 heavy (non-hydrogen) atoms. The molecule has 1 aromatic heterocycles. The van der Waals surface area contributed by atoms with E-state index < -0.39 is 0 Å². The standard InChI is InChI=1S/C31H32ClN3O3S/c1-37-26-16-22(15-25(32)29(26)38-19-21-13-11-20(17-33)12-14-21)18-34-31-28(24-9-5-6-10-27(24)39-31)30(36)35-23-7-3-2-4-8-23/h11-16,18,23H,2-10,19H2,1H3,(H,35,36). The van der Waals surface area contributed by atoms with E-state index in [1.54, 1.807) is 42.9 Å². The lowest BCUT2D eigenvalue weighted by Gasteiger charge is -2.23. The third-order valence-corrected chi connectivity index (χ3v) is 8.85. The number of carbonyl (C=O) groups excluding carboxylic acids is 1. The number of methoxy groups -OCH3 is 1. The molecule has 0 radical (unpaired) electrons. The van der Waals surface area contributed by atoms with Gasteiger partial charge in [0.2, 0.25) is 0 Å². The second-order valence-electron chi connectivity index (χ2n) is 10.1. The van der Waals surface area contributed by atoms with Gasteiger partial charge in [-0.15, -0.1) is 11.3 Å². The van der Waals surface area contributed by atoms with Gasteiger partial charge in [0.25, 0.3) is 5.91 Å². The van der Waals surface area contributed by atoms with Crippen LogP contribution in [0.25, 0.3) is 0 Å². The quantitative estimate of drug-likeness (QED) is 0.288. The number of fused-ring (bicyclic) bond motifs is 1. The Morgan fingerprint density at radius 3 is 2.67 bits per heavy atom. The summed E-state index contributed by atoms with van der Waals surface area (Å²) in [5.74, 6) is 0.953. The van der Waals surface area contributed by atoms with E-state index in [4.69, 9.17) is 31.3 Å². The Kier molecular flexibility index (Phi) is 8.85. The minimum Gasteiger partial charge on any atom is -0.493 e. The molecular weight excluding hydrogens is 530 g/mol. The molecule has 6 nitrogen and oxygen atoms in total. The van der Waals surface area contributed by atoms with E-state index >= 15 is 0 Å². The van der Waals surface area contributed by atoms with Crippen molar-refractivity contribution < 1.29 is 14.3 Å². The summed E-state index contributed by atoms with van der Waals surface area (Å²) < 4.78 is 11.6. The van der Waals surface area contributed by atoms with Crippen LogP contribution >= 0.6 is 22.9 Å². The van der Waals surface area contributed by atoms with Crippen molar-refractivity contribution in [3.05, 3.63) is 74.1 Å². The fraction of sp³-hybridized carbons (Fsp3) is 0.387. The van der Waals surface area contributed by atoms with Gasteiger partial charge in [0, 0.05) is 17.1 Å². The predicted octanol–water partition coefficient (Wildman–Crippen LogP) is 7.55. The van der Waals surface area contributed by atoms with Crippen LogP contribution in [0.2, 0.25) is 5.02 Å². The molecule has 1 amide bonds. The molecule has 0 spiro atoms. The first-order valence-electron chi connectivity index (χ1n) is 13.5. The minimum absolute atomic E-state index is 0.00983. The van der Waals surface area contributed by atoms with Crippen LogP contribution in [0.3, 0.4) is 0 Å². The monoisotopic (exact) mass is 561 g/mol. The fourth-order valence-corrected chi connectivity index (χ4v) is 6.80. The van der Waals surface area contributed by atoms with Crippen LogP contribution in [0, 0.1) is 11.3 Å². The number of hydrogen-bond donors (Lipinski definition) is 1. The Bertz CT molecular complexity index is 1400. The zero-order chi connectivity index (χ0) is 27.2. The fourth-order valence-electron chi connectivity index (χ4n) is 5.30. The van der Waals surface area contributed by atoms with E-state index in [0.717, 1.165) is 60.2 Å². The summed E-state index contributed by atoms with van der Waals surface area (Å²) in [5, 5.41) is 13.5. The number of amides is 1. The zero-order valence-electron chi connectivity index (χ0n) is 22.1. The number of halogens is 1. The zero-order valence-corrected chi connectivity index (χ0v) is 23.7. The first-order chi connectivity index (χ1) is 19.1. The van der Waals surface area contributed by atoms with Gasteiger partial charge in [0.15, 0.2) is 11.5 Å². The average Bonchev–Trinajstić information content (AvgIpc) is 3.34. The van der Waals surface area contributed by atoms with Crippen molar-refractivity contribution in [3.8, 4) is 17.6 Å². The molecule has 2 aliphatic carbocycles. The van der Waals surface area contributed by atoms with Gasteiger partial charge in [-0.3, -0.25) is 4.79 Å². The van der Waals surface area contributed by atoms with Crippen molar-refractivity contribution in [2.24, 2.45) is 4.99 Å². The number of nitrogens with zero attached hydrogens (tertiary/aromatic N) is 2. The maximum Gasteiger partial charge on any atom is 0.254 e. The van der Waals surface area contributed by atoms with Crippen molar-refractivity contribution in [3.63, 3.8) is 0 Å². The van der Waals surface area contributed by atoms with Crippen LogP contribution in [-0.2, 0) is 19.4 Å². The van der Waals surface area contributed by atoms with Crippen molar-refractivity contribution in [2.45, 2.75) is 70.4 Å². The lowest BCUT2D eigenvalue weighted by atomic mass is 9.93. The molecule has 0 unspecified atom stereocenters. The highest BCUT2D eigenvalue weighted by molar-refractivity contribution is 7.16. The molecule has 3 aromatic rings. The first-order valence-corrected chi connectivity index (χ1v) is 14.7. The molecule has 1 fully saturated rings. The number of benzene rings is 2. The van der Waals surface area contributed by atoms with Crippen molar-refractivity contribution >= 4 is 40.1 Å². The Balaban J connectivity index is 1.36. The number of rotatable bonds is 8. The molecule has 8 heteroatoms. The first kappa shape index (κ1) is 27.2. The lowest BCUT2D eigenvalue weighted by molar-refractivity contribution is 0.0927. The van der Waals surface area contributed by atoms with Gasteiger partial charge < -0.3 is 14.8 Å². The molecule has 202 valence electrons. The van der Waals surface area contributed by atoms with Crippen LogP contribution in [0.15, 0.2) is 41.4 Å². The molecule has 0 saturated heterocycles. The van der Waals surface area contributed by atoms with Gasteiger partial charge in [0.05, 0.1) is 29.3 Å². The molecule has 0 atom stereocenters. The third kappa shape index (κ3) is 6.46. The van der Waals surface area contributed by atoms with Crippen LogP contribution < -0.4 is 14.8 Å². The van der Waals surface area contributed by atoms with Crippen molar-refractivity contribution in [1.29, 1.82) is 5.26 Å². The molecule has 0 aliphatic heterocycles. The Morgan fingerprint density at radius 2 is 1.92 bits per heavy atom. The van der Waals surface area contributed by atoms with Crippen LogP contribution in [0.4, 0.5) is 5.00 Å². The number of nitriles is 1. The summed E-state index contributed by atoms with van der Waals surface area (Å²) in [6.07, 6.45) is 11.6. The molecule has 1 saturated carbocycles. The van der Waals surface area contributed by atoms with E-state index in [0.29, 0.717) is 22.1 Å². The summed E-state index contributed by atoms with van der Waals surface area (Å²) in [6.45, 7) is 0.287. The summed E-state index contributed by atoms with van der Waals surface area (Å²) in [7, 11) is 1.57. The number of ether oxygens (including phenoxy) is 2. The molecule has 0 bridgehead atoms. The van der Waals surface area contributed by atoms with Gasteiger partial charge >= 0.3 is 0 Å². The predicted molar refractivity (Wildman–Crippen MR) is 156 cm³/mol. The molecular formula is C31H32ClN3O3S. The van der Waals surface area contributed by atoms with Crippen LogP contribution in [0.5, 0.6) is 11.5 Å². The van der Waals surface area contributed by atoms with E-state index in [2.05, 4.69) is 11.4 Å². The van der Waals surface area contributed by atoms with Crippen LogP contribution in [-0.4, -0.2) is 25.3 Å². The van der Waals surface area contributed by atoms with E-state index in [-0.39, 0.29) is 18.6 Å². The Hall–Kier alpha value is -3.34. The lowest BCUT2D eigenvalue weighted by Crippen LogP contribution is -2.36. The van der Waals surface area contributed by atoms with Gasteiger partial charge in [-0.25, -0.2) is 4.99 Å². The second-order valence-corrected chi connectivity index (χ2v) is 11.6. The minimum atomic E-state index is 0.00983. The Morgan fingerprint density at radius 1 is 1.15 bits per heavy atom. The topological polar surface area (TPSA) is 83.7 Å². The summed E-state index contributed by atoms with van der Waals surface area (Å²) in [4.78, 5) is 19.5. The van der Waals surface area contributed by atoms with Crippen molar-refractivity contribution in [2.75, 3.05) is 7.11 Å². The highest BCUT2D eigenvalue weighted by Crippen LogP contribution is 2.41. The normalized spacial score (nSPS) is 15.5. The van der Waals surface area contributed by atoms with Gasteiger partial charge in [-0.1, -0.05) is 43.0 Å². The molecule has 2 aliphatic rings. The van der Waals surface area contributed by atoms with E-state index in [1.807, 2.05) is 18.2 Å². The highest BCUT2D eigenvalue weighted by atomic mass is 35.5. The SMILES string of the molecule is COc1cc(C=Nc2sc3c(c2C(=O)NC2CCCCC2)CCCC3)cc(Cl)c1OCc1ccc(C#N)cc1. The van der Waals surface area contributed by atoms with Gasteiger partial charge in [-0.2, -0.15) is 5.26 Å². The number of carbonyl (C=O) groups is 1. The maximum absolute atomic E-state index is 13.5. The highest BCUT2D eigenvalue weighted by Gasteiger charge is 2.27. The van der Waals surface area contributed by atoms with Crippen molar-refractivity contribution in [1.82, 2.24) is 5.32 Å². The largest absolute Gasteiger partial charge is 0.493 e. The van der Waals surface area contributed by atoms with E-state index in [1.165, 1.54) is 29.7 Å².